The predicted octanol–water partition coefficient (Wildman–Crippen LogP) is 5.69. The highest BCUT2D eigenvalue weighted by atomic mass is 16.6. The van der Waals surface area contributed by atoms with Gasteiger partial charge in [-0.3, -0.25) is 4.90 Å². The molecule has 2 amide bonds. The van der Waals surface area contributed by atoms with E-state index in [1.165, 1.54) is 0 Å². The van der Waals surface area contributed by atoms with E-state index in [9.17, 15) is 9.59 Å². The van der Waals surface area contributed by atoms with Crippen LogP contribution in [-0.4, -0.2) is 45.9 Å². The Labute approximate surface area is 180 Å². The zero-order valence-electron chi connectivity index (χ0n) is 19.7. The molecule has 1 atom stereocenters. The summed E-state index contributed by atoms with van der Waals surface area (Å²) < 4.78 is 11.1. The summed E-state index contributed by atoms with van der Waals surface area (Å²) in [6.07, 6.45) is 3.89. The molecule has 30 heavy (non-hydrogen) atoms. The zero-order valence-corrected chi connectivity index (χ0v) is 19.7. The van der Waals surface area contributed by atoms with Crippen LogP contribution in [0.1, 0.15) is 86.3 Å². The third-order valence-corrected chi connectivity index (χ3v) is 4.64. The molecule has 1 saturated heterocycles. The molecular formula is C23H37N3O4. The van der Waals surface area contributed by atoms with E-state index < -0.39 is 17.3 Å². The van der Waals surface area contributed by atoms with Crippen molar-refractivity contribution >= 4 is 18.0 Å². The van der Waals surface area contributed by atoms with Gasteiger partial charge < -0.3 is 14.4 Å². The maximum atomic E-state index is 12.7. The van der Waals surface area contributed by atoms with Gasteiger partial charge in [-0.05, 0) is 86.3 Å². The number of piperidine rings is 1. The van der Waals surface area contributed by atoms with Crippen molar-refractivity contribution in [3.63, 3.8) is 0 Å². The summed E-state index contributed by atoms with van der Waals surface area (Å²) in [4.78, 5) is 33.2. The molecule has 0 aliphatic carbocycles. The van der Waals surface area contributed by atoms with Crippen molar-refractivity contribution in [2.45, 2.75) is 97.9 Å². The molecule has 0 unspecified atom stereocenters. The molecule has 0 N–H and O–H groups in total. The number of hydrogen-bond donors (Lipinski definition) is 0. The summed E-state index contributed by atoms with van der Waals surface area (Å²) in [5.74, 6) is 0.530. The molecule has 1 aromatic heterocycles. The number of carbonyl (C=O) groups excluding carboxylic acids is 2. The predicted molar refractivity (Wildman–Crippen MR) is 118 cm³/mol. The van der Waals surface area contributed by atoms with Gasteiger partial charge in [-0.1, -0.05) is 6.07 Å². The molecule has 0 saturated carbocycles. The van der Waals surface area contributed by atoms with Crippen LogP contribution in [-0.2, 0) is 9.47 Å². The zero-order chi connectivity index (χ0) is 22.7. The van der Waals surface area contributed by atoms with Crippen LogP contribution in [0.5, 0.6) is 0 Å². The van der Waals surface area contributed by atoms with Crippen LogP contribution in [0.4, 0.5) is 15.4 Å². The Morgan fingerprint density at radius 3 is 2.20 bits per heavy atom. The lowest BCUT2D eigenvalue weighted by molar-refractivity contribution is 0.00947. The molecule has 0 bridgehead atoms. The summed E-state index contributed by atoms with van der Waals surface area (Å²) in [5.41, 5.74) is -0.177. The van der Waals surface area contributed by atoms with E-state index in [4.69, 9.17) is 9.47 Å². The molecule has 0 spiro atoms. The lowest BCUT2D eigenvalue weighted by Crippen LogP contribution is -2.42. The largest absolute Gasteiger partial charge is 0.444 e. The fourth-order valence-corrected chi connectivity index (χ4v) is 3.43. The van der Waals surface area contributed by atoms with Gasteiger partial charge in [0.2, 0.25) is 0 Å². The summed E-state index contributed by atoms with van der Waals surface area (Å²) >= 11 is 0. The number of hydrogen-bond acceptors (Lipinski definition) is 5. The highest BCUT2D eigenvalue weighted by Gasteiger charge is 2.32. The third-order valence-electron chi connectivity index (χ3n) is 4.64. The number of amides is 2. The Morgan fingerprint density at radius 2 is 1.70 bits per heavy atom. The Balaban J connectivity index is 2.23. The molecule has 0 radical (unpaired) electrons. The summed E-state index contributed by atoms with van der Waals surface area (Å²) in [7, 11) is 0. The molecule has 7 nitrogen and oxygen atoms in total. The van der Waals surface area contributed by atoms with Gasteiger partial charge in [0, 0.05) is 18.8 Å². The van der Waals surface area contributed by atoms with E-state index in [-0.39, 0.29) is 18.2 Å². The summed E-state index contributed by atoms with van der Waals surface area (Å²) in [6.45, 7) is 15.6. The maximum absolute atomic E-state index is 12.7. The number of ether oxygens (including phenoxy) is 2. The van der Waals surface area contributed by atoms with Gasteiger partial charge in [-0.2, -0.15) is 0 Å². The average Bonchev–Trinajstić information content (AvgIpc) is 2.59. The molecule has 0 aromatic carbocycles. The Bertz CT molecular complexity index is 732. The smallest absolute Gasteiger partial charge is 0.416 e. The van der Waals surface area contributed by atoms with Gasteiger partial charge >= 0.3 is 12.2 Å². The Morgan fingerprint density at radius 1 is 1.07 bits per heavy atom. The van der Waals surface area contributed by atoms with Crippen LogP contribution in [0.15, 0.2) is 18.3 Å². The molecule has 1 aliphatic heterocycles. The number of aromatic nitrogens is 1. The van der Waals surface area contributed by atoms with Crippen molar-refractivity contribution in [2.75, 3.05) is 11.4 Å². The number of rotatable bonds is 3. The van der Waals surface area contributed by atoms with Crippen molar-refractivity contribution in [2.24, 2.45) is 0 Å². The molecule has 1 aromatic rings. The fraction of sp³-hybridized carbons (Fsp3) is 0.696. The molecule has 1 fully saturated rings. The number of pyridine rings is 1. The lowest BCUT2D eigenvalue weighted by Gasteiger charge is -2.37. The maximum Gasteiger partial charge on any atom is 0.416 e. The van der Waals surface area contributed by atoms with Gasteiger partial charge in [0.25, 0.3) is 0 Å². The van der Waals surface area contributed by atoms with Crippen LogP contribution < -0.4 is 4.90 Å². The van der Waals surface area contributed by atoms with Crippen molar-refractivity contribution in [3.8, 4) is 0 Å². The van der Waals surface area contributed by atoms with Crippen LogP contribution >= 0.6 is 0 Å². The fourth-order valence-electron chi connectivity index (χ4n) is 3.43. The van der Waals surface area contributed by atoms with Crippen molar-refractivity contribution in [3.05, 3.63) is 23.9 Å². The second kappa shape index (κ2) is 9.23. The molecule has 2 rings (SSSR count). The second-order valence-electron chi connectivity index (χ2n) is 10.1. The second-order valence-corrected chi connectivity index (χ2v) is 10.1. The van der Waals surface area contributed by atoms with Gasteiger partial charge in [0.15, 0.2) is 0 Å². The van der Waals surface area contributed by atoms with E-state index in [0.717, 1.165) is 24.8 Å². The highest BCUT2D eigenvalue weighted by molar-refractivity contribution is 5.87. The number of anilines is 1. The summed E-state index contributed by atoms with van der Waals surface area (Å²) in [5, 5.41) is 0. The molecule has 7 heteroatoms. The van der Waals surface area contributed by atoms with Crippen molar-refractivity contribution in [1.82, 2.24) is 9.88 Å². The minimum absolute atomic E-state index is 0.0795. The third kappa shape index (κ3) is 6.61. The number of likely N-dealkylation sites (tertiary alicyclic amines) is 1. The minimum atomic E-state index is -0.583. The molecular weight excluding hydrogens is 382 g/mol. The van der Waals surface area contributed by atoms with Crippen LogP contribution in [0.25, 0.3) is 0 Å². The van der Waals surface area contributed by atoms with Crippen molar-refractivity contribution < 1.29 is 19.1 Å². The highest BCUT2D eigenvalue weighted by Crippen LogP contribution is 2.32. The first kappa shape index (κ1) is 24.0. The quantitative estimate of drug-likeness (QED) is 0.629. The first-order valence-electron chi connectivity index (χ1n) is 10.8. The average molecular weight is 420 g/mol. The van der Waals surface area contributed by atoms with E-state index in [1.54, 1.807) is 16.0 Å². The van der Waals surface area contributed by atoms with E-state index in [1.807, 2.05) is 67.5 Å². The van der Waals surface area contributed by atoms with Crippen molar-refractivity contribution in [1.29, 1.82) is 0 Å². The molecule has 168 valence electrons. The molecule has 1 aliphatic rings. The lowest BCUT2D eigenvalue weighted by atomic mass is 9.97. The minimum Gasteiger partial charge on any atom is -0.444 e. The summed E-state index contributed by atoms with van der Waals surface area (Å²) in [6, 6.07) is 3.58. The number of carbonyl (C=O) groups is 2. The number of nitrogens with zero attached hydrogens (tertiary/aromatic N) is 3. The Kier molecular flexibility index (Phi) is 7.37. The van der Waals surface area contributed by atoms with E-state index in [0.29, 0.717) is 12.4 Å². The Hall–Kier alpha value is -2.31. The monoisotopic (exact) mass is 419 g/mol. The van der Waals surface area contributed by atoms with Gasteiger partial charge in [0.05, 0.1) is 6.04 Å². The van der Waals surface area contributed by atoms with Crippen LogP contribution in [0.3, 0.4) is 0 Å². The SMILES string of the molecule is CC(C)N(C(=O)OC(C)(C)C)c1ccc([C@H]2CCCCN2C(=O)OC(C)(C)C)cn1. The molecule has 2 heterocycles. The van der Waals surface area contributed by atoms with Crippen LogP contribution in [0.2, 0.25) is 0 Å². The van der Waals surface area contributed by atoms with Gasteiger partial charge in [-0.15, -0.1) is 0 Å². The normalized spacial score (nSPS) is 17.6. The first-order chi connectivity index (χ1) is 13.8. The topological polar surface area (TPSA) is 72.0 Å². The van der Waals surface area contributed by atoms with E-state index in [2.05, 4.69) is 4.98 Å². The van der Waals surface area contributed by atoms with Crippen LogP contribution in [0, 0.1) is 0 Å². The standard InChI is InChI=1S/C23H37N3O4/c1-16(2)26(21(28)30-23(6,7)8)19-13-12-17(15-24-19)18-11-9-10-14-25(18)20(27)29-22(3,4)5/h12-13,15-16,18H,9-11,14H2,1-8H3/t18-/m1/s1. The van der Waals surface area contributed by atoms with E-state index >= 15 is 0 Å². The van der Waals surface area contributed by atoms with Gasteiger partial charge in [-0.25, -0.2) is 14.6 Å². The van der Waals surface area contributed by atoms with Gasteiger partial charge in [0.1, 0.15) is 17.0 Å². The first-order valence-corrected chi connectivity index (χ1v) is 10.8.